The number of rotatable bonds is 3. The zero-order chi connectivity index (χ0) is 19.2. The smallest absolute Gasteiger partial charge is 0.254 e. The second-order valence-corrected chi connectivity index (χ2v) is 7.79. The number of hydrogen-bond donors (Lipinski definition) is 1. The number of amides is 2. The quantitative estimate of drug-likeness (QED) is 0.890. The van der Waals surface area contributed by atoms with Crippen LogP contribution >= 0.6 is 0 Å². The van der Waals surface area contributed by atoms with Gasteiger partial charge in [0.2, 0.25) is 18.6 Å². The SMILES string of the molecule is CC(C)(C)c1cc(NC(=O)C2CN(C(=O)c3ccc4c(c3)OCO4)C2)on1. The van der Waals surface area contributed by atoms with Crippen LogP contribution < -0.4 is 14.8 Å². The van der Waals surface area contributed by atoms with Gasteiger partial charge in [0.1, 0.15) is 0 Å². The van der Waals surface area contributed by atoms with Crippen LogP contribution in [0.2, 0.25) is 0 Å². The number of anilines is 1. The van der Waals surface area contributed by atoms with E-state index in [2.05, 4.69) is 10.5 Å². The molecule has 2 amide bonds. The van der Waals surface area contributed by atoms with Gasteiger partial charge in [-0.25, -0.2) is 0 Å². The van der Waals surface area contributed by atoms with Crippen molar-refractivity contribution in [3.05, 3.63) is 35.5 Å². The van der Waals surface area contributed by atoms with E-state index in [0.29, 0.717) is 36.0 Å². The Morgan fingerprint density at radius 2 is 1.89 bits per heavy atom. The fourth-order valence-corrected chi connectivity index (χ4v) is 2.93. The normalized spacial score (nSPS) is 16.2. The number of fused-ring (bicyclic) bond motifs is 1. The van der Waals surface area contributed by atoms with Crippen molar-refractivity contribution in [2.75, 3.05) is 25.2 Å². The number of ether oxygens (including phenoxy) is 2. The molecule has 0 bridgehead atoms. The number of nitrogens with zero attached hydrogens (tertiary/aromatic N) is 2. The lowest BCUT2D eigenvalue weighted by molar-refractivity contribution is -0.123. The lowest BCUT2D eigenvalue weighted by atomic mass is 9.92. The van der Waals surface area contributed by atoms with Crippen molar-refractivity contribution < 1.29 is 23.6 Å². The topological polar surface area (TPSA) is 93.9 Å². The number of carbonyl (C=O) groups excluding carboxylic acids is 2. The Bertz CT molecular complexity index is 893. The second-order valence-electron chi connectivity index (χ2n) is 7.79. The Kier molecular flexibility index (Phi) is 4.05. The Morgan fingerprint density at radius 3 is 2.59 bits per heavy atom. The van der Waals surface area contributed by atoms with Crippen molar-refractivity contribution in [3.8, 4) is 11.5 Å². The minimum atomic E-state index is -0.272. The first-order chi connectivity index (χ1) is 12.8. The number of aromatic nitrogens is 1. The Balaban J connectivity index is 1.33. The van der Waals surface area contributed by atoms with Gasteiger partial charge in [0.05, 0.1) is 11.6 Å². The molecule has 0 atom stereocenters. The standard InChI is InChI=1S/C19H21N3O5/c1-19(2,3)15-7-16(27-21-15)20-17(23)12-8-22(9-12)18(24)11-4-5-13-14(6-11)26-10-25-13/h4-7,12H,8-10H2,1-3H3,(H,20,23). The van der Waals surface area contributed by atoms with E-state index in [1.165, 1.54) is 0 Å². The lowest BCUT2D eigenvalue weighted by Crippen LogP contribution is -2.54. The second kappa shape index (κ2) is 6.29. The molecule has 1 aromatic heterocycles. The molecule has 1 saturated heterocycles. The van der Waals surface area contributed by atoms with Crippen LogP contribution in [0.1, 0.15) is 36.8 Å². The van der Waals surface area contributed by atoms with Crippen LogP contribution in [0.5, 0.6) is 11.5 Å². The molecule has 8 heteroatoms. The Hall–Kier alpha value is -3.03. The van der Waals surface area contributed by atoms with Crippen molar-refractivity contribution in [1.82, 2.24) is 10.1 Å². The highest BCUT2D eigenvalue weighted by molar-refractivity contribution is 5.98. The van der Waals surface area contributed by atoms with Crippen molar-refractivity contribution in [1.29, 1.82) is 0 Å². The molecule has 0 aliphatic carbocycles. The van der Waals surface area contributed by atoms with Crippen molar-refractivity contribution in [2.45, 2.75) is 26.2 Å². The van der Waals surface area contributed by atoms with E-state index >= 15 is 0 Å². The van der Waals surface area contributed by atoms with E-state index in [1.807, 2.05) is 20.8 Å². The molecule has 8 nitrogen and oxygen atoms in total. The van der Waals surface area contributed by atoms with E-state index < -0.39 is 0 Å². The van der Waals surface area contributed by atoms with E-state index in [1.54, 1.807) is 29.2 Å². The van der Waals surface area contributed by atoms with Gasteiger partial charge in [0, 0.05) is 30.1 Å². The third-order valence-electron chi connectivity index (χ3n) is 4.68. The van der Waals surface area contributed by atoms with E-state index in [4.69, 9.17) is 14.0 Å². The number of nitrogens with one attached hydrogen (secondary N) is 1. The van der Waals surface area contributed by atoms with Gasteiger partial charge < -0.3 is 18.9 Å². The third-order valence-corrected chi connectivity index (χ3v) is 4.68. The summed E-state index contributed by atoms with van der Waals surface area (Å²) < 4.78 is 15.7. The van der Waals surface area contributed by atoms with Gasteiger partial charge in [0.25, 0.3) is 5.91 Å². The molecule has 0 spiro atoms. The van der Waals surface area contributed by atoms with Crippen LogP contribution in [0.15, 0.2) is 28.8 Å². The molecule has 2 aliphatic heterocycles. The van der Waals surface area contributed by atoms with Crippen molar-refractivity contribution in [2.24, 2.45) is 5.92 Å². The molecule has 1 aromatic carbocycles. The molecule has 0 radical (unpaired) electrons. The average Bonchev–Trinajstić information content (AvgIpc) is 3.20. The van der Waals surface area contributed by atoms with Crippen LogP contribution in [-0.2, 0) is 10.2 Å². The summed E-state index contributed by atoms with van der Waals surface area (Å²) in [6.07, 6.45) is 0. The molecular formula is C19H21N3O5. The maximum atomic E-state index is 12.5. The van der Waals surface area contributed by atoms with Gasteiger partial charge in [-0.05, 0) is 18.2 Å². The van der Waals surface area contributed by atoms with Crippen LogP contribution in [0.25, 0.3) is 0 Å². The fourth-order valence-electron chi connectivity index (χ4n) is 2.93. The third kappa shape index (κ3) is 3.34. The molecule has 2 aliphatic rings. The van der Waals surface area contributed by atoms with Crippen molar-refractivity contribution in [3.63, 3.8) is 0 Å². The van der Waals surface area contributed by atoms with Gasteiger partial charge >= 0.3 is 0 Å². The van der Waals surface area contributed by atoms with Gasteiger partial charge in [-0.1, -0.05) is 25.9 Å². The van der Waals surface area contributed by atoms with Crippen molar-refractivity contribution >= 4 is 17.7 Å². The van der Waals surface area contributed by atoms with Crippen LogP contribution in [0.4, 0.5) is 5.88 Å². The van der Waals surface area contributed by atoms with Gasteiger partial charge in [0.15, 0.2) is 11.5 Å². The van der Waals surface area contributed by atoms with Crippen LogP contribution in [-0.4, -0.2) is 41.8 Å². The molecule has 1 N–H and O–H groups in total. The maximum absolute atomic E-state index is 12.5. The zero-order valence-electron chi connectivity index (χ0n) is 15.4. The highest BCUT2D eigenvalue weighted by Gasteiger charge is 2.37. The number of benzene rings is 1. The number of hydrogen-bond acceptors (Lipinski definition) is 6. The summed E-state index contributed by atoms with van der Waals surface area (Å²) in [6, 6.07) is 6.81. The maximum Gasteiger partial charge on any atom is 0.254 e. The summed E-state index contributed by atoms with van der Waals surface area (Å²) in [7, 11) is 0. The van der Waals surface area contributed by atoms with Gasteiger partial charge in [-0.3, -0.25) is 14.9 Å². The first-order valence-corrected chi connectivity index (χ1v) is 8.78. The molecule has 2 aromatic rings. The highest BCUT2D eigenvalue weighted by atomic mass is 16.7. The molecular weight excluding hydrogens is 350 g/mol. The summed E-state index contributed by atoms with van der Waals surface area (Å²) in [5.41, 5.74) is 1.13. The number of carbonyl (C=O) groups is 2. The molecule has 4 rings (SSSR count). The van der Waals surface area contributed by atoms with Crippen LogP contribution in [0, 0.1) is 5.92 Å². The zero-order valence-corrected chi connectivity index (χ0v) is 15.4. The predicted molar refractivity (Wildman–Crippen MR) is 95.8 cm³/mol. The Morgan fingerprint density at radius 1 is 1.15 bits per heavy atom. The first kappa shape index (κ1) is 17.4. The molecule has 0 unspecified atom stereocenters. The molecule has 3 heterocycles. The average molecular weight is 371 g/mol. The van der Waals surface area contributed by atoms with Crippen LogP contribution in [0.3, 0.4) is 0 Å². The number of likely N-dealkylation sites (tertiary alicyclic amines) is 1. The largest absolute Gasteiger partial charge is 0.454 e. The van der Waals surface area contributed by atoms with E-state index in [0.717, 1.165) is 5.69 Å². The van der Waals surface area contributed by atoms with Gasteiger partial charge in [-0.2, -0.15) is 0 Å². The molecule has 1 fully saturated rings. The highest BCUT2D eigenvalue weighted by Crippen LogP contribution is 2.33. The summed E-state index contributed by atoms with van der Waals surface area (Å²) in [4.78, 5) is 26.5. The summed E-state index contributed by atoms with van der Waals surface area (Å²) in [5, 5.41) is 6.71. The summed E-state index contributed by atoms with van der Waals surface area (Å²) in [6.45, 7) is 6.93. The molecule has 27 heavy (non-hydrogen) atoms. The first-order valence-electron chi connectivity index (χ1n) is 8.78. The summed E-state index contributed by atoms with van der Waals surface area (Å²) in [5.74, 6) is 0.940. The van der Waals surface area contributed by atoms with E-state index in [9.17, 15) is 9.59 Å². The predicted octanol–water partition coefficient (Wildman–Crippen LogP) is 2.41. The Labute approximate surface area is 156 Å². The minimum absolute atomic E-state index is 0.132. The summed E-state index contributed by atoms with van der Waals surface area (Å²) >= 11 is 0. The molecule has 0 saturated carbocycles. The molecule has 142 valence electrons. The minimum Gasteiger partial charge on any atom is -0.454 e. The van der Waals surface area contributed by atoms with Gasteiger partial charge in [-0.15, -0.1) is 0 Å². The van der Waals surface area contributed by atoms with E-state index in [-0.39, 0.29) is 29.9 Å². The lowest BCUT2D eigenvalue weighted by Gasteiger charge is -2.38. The fraction of sp³-hybridized carbons (Fsp3) is 0.421. The monoisotopic (exact) mass is 371 g/mol.